The molecule has 0 atom stereocenters. The van der Waals surface area contributed by atoms with Gasteiger partial charge in [-0.15, -0.1) is 0 Å². The summed E-state index contributed by atoms with van der Waals surface area (Å²) < 4.78 is 37.9. The maximum Gasteiger partial charge on any atom is 0.416 e. The van der Waals surface area contributed by atoms with Crippen LogP contribution in [0.3, 0.4) is 0 Å². The highest BCUT2D eigenvalue weighted by atomic mass is 19.4. The van der Waals surface area contributed by atoms with Gasteiger partial charge in [0.2, 0.25) is 5.91 Å². The molecule has 29 heavy (non-hydrogen) atoms. The number of hydrogen-bond acceptors (Lipinski definition) is 2. The average molecular weight is 395 g/mol. The molecule has 2 aromatic heterocycles. The highest BCUT2D eigenvalue weighted by Gasteiger charge is 2.30. The molecule has 0 fully saturated rings. The molecule has 0 aliphatic carbocycles. The molecule has 0 unspecified atom stereocenters. The number of fused-ring (bicyclic) bond motifs is 1. The molecule has 1 amide bonds. The van der Waals surface area contributed by atoms with Gasteiger partial charge >= 0.3 is 6.18 Å². The number of aromatic amines is 1. The van der Waals surface area contributed by atoms with Crippen LogP contribution in [0.5, 0.6) is 0 Å². The van der Waals surface area contributed by atoms with Gasteiger partial charge in [-0.1, -0.05) is 30.3 Å². The zero-order valence-electron chi connectivity index (χ0n) is 15.1. The van der Waals surface area contributed by atoms with Gasteiger partial charge in [-0.3, -0.25) is 4.79 Å². The predicted octanol–water partition coefficient (Wildman–Crippen LogP) is 5.43. The monoisotopic (exact) mass is 395 g/mol. The van der Waals surface area contributed by atoms with E-state index in [9.17, 15) is 18.0 Å². The zero-order valence-corrected chi connectivity index (χ0v) is 15.1. The van der Waals surface area contributed by atoms with E-state index in [1.54, 1.807) is 12.4 Å². The van der Waals surface area contributed by atoms with E-state index in [4.69, 9.17) is 0 Å². The molecule has 7 heteroatoms. The number of halogens is 3. The molecule has 146 valence electrons. The van der Waals surface area contributed by atoms with E-state index in [1.807, 2.05) is 36.4 Å². The Kier molecular flexibility index (Phi) is 4.80. The lowest BCUT2D eigenvalue weighted by molar-refractivity contribution is -0.137. The van der Waals surface area contributed by atoms with Crippen molar-refractivity contribution in [3.05, 3.63) is 84.2 Å². The summed E-state index contributed by atoms with van der Waals surface area (Å²) >= 11 is 0. The summed E-state index contributed by atoms with van der Waals surface area (Å²) in [6.45, 7) is 0. The van der Waals surface area contributed by atoms with E-state index >= 15 is 0 Å². The number of H-pyrrole nitrogens is 1. The highest BCUT2D eigenvalue weighted by molar-refractivity contribution is 5.95. The van der Waals surface area contributed by atoms with Gasteiger partial charge < -0.3 is 10.3 Å². The third-order valence-electron chi connectivity index (χ3n) is 4.57. The summed E-state index contributed by atoms with van der Waals surface area (Å²) in [6, 6.07) is 16.1. The third-order valence-corrected chi connectivity index (χ3v) is 4.57. The number of alkyl halides is 3. The van der Waals surface area contributed by atoms with Crippen molar-refractivity contribution in [3.8, 4) is 11.1 Å². The number of rotatable bonds is 4. The summed E-state index contributed by atoms with van der Waals surface area (Å²) in [5.74, 6) is -0.323. The quantitative estimate of drug-likeness (QED) is 0.484. The number of nitrogens with zero attached hydrogens (tertiary/aromatic N) is 1. The first-order valence-electron chi connectivity index (χ1n) is 8.89. The zero-order chi connectivity index (χ0) is 20.4. The Bertz CT molecular complexity index is 1150. The van der Waals surface area contributed by atoms with Gasteiger partial charge in [0.1, 0.15) is 5.65 Å². The standard InChI is InChI=1S/C22H16F3N3O/c23-22(24,25)17-6-8-18(9-7-17)28-20(29)11-16-13-27-21-19(16)10-15(12-26-21)14-4-2-1-3-5-14/h1-10,12-13H,11H2,(H,26,27)(H,28,29). The Morgan fingerprint density at radius 1 is 1.00 bits per heavy atom. The molecule has 4 nitrogen and oxygen atoms in total. The van der Waals surface area contributed by atoms with Crippen molar-refractivity contribution in [1.29, 1.82) is 0 Å². The van der Waals surface area contributed by atoms with Gasteiger partial charge in [0.25, 0.3) is 0 Å². The first-order chi connectivity index (χ1) is 13.9. The first kappa shape index (κ1) is 18.7. The average Bonchev–Trinajstić information content (AvgIpc) is 3.10. The molecule has 0 bridgehead atoms. The molecule has 4 aromatic rings. The fraction of sp³-hybridized carbons (Fsp3) is 0.0909. The largest absolute Gasteiger partial charge is 0.416 e. The lowest BCUT2D eigenvalue weighted by Gasteiger charge is -2.09. The summed E-state index contributed by atoms with van der Waals surface area (Å²) in [7, 11) is 0. The van der Waals surface area contributed by atoms with E-state index in [-0.39, 0.29) is 12.3 Å². The van der Waals surface area contributed by atoms with Crippen molar-refractivity contribution in [3.63, 3.8) is 0 Å². The van der Waals surface area contributed by atoms with Gasteiger partial charge in [-0.05, 0) is 41.5 Å². The van der Waals surface area contributed by atoms with Crippen LogP contribution >= 0.6 is 0 Å². The fourth-order valence-corrected chi connectivity index (χ4v) is 3.11. The minimum Gasteiger partial charge on any atom is -0.346 e. The lowest BCUT2D eigenvalue weighted by Crippen LogP contribution is -2.14. The van der Waals surface area contributed by atoms with Gasteiger partial charge in [0.15, 0.2) is 0 Å². The van der Waals surface area contributed by atoms with Gasteiger partial charge in [0.05, 0.1) is 12.0 Å². The van der Waals surface area contributed by atoms with Gasteiger partial charge in [-0.25, -0.2) is 4.98 Å². The molecule has 2 N–H and O–H groups in total. The van der Waals surface area contributed by atoms with Crippen LogP contribution in [0.4, 0.5) is 18.9 Å². The van der Waals surface area contributed by atoms with Crippen molar-refractivity contribution in [2.24, 2.45) is 0 Å². The number of carbonyl (C=O) groups excluding carboxylic acids is 1. The van der Waals surface area contributed by atoms with Gasteiger partial charge in [0, 0.05) is 29.0 Å². The molecule has 0 saturated carbocycles. The van der Waals surface area contributed by atoms with Crippen molar-refractivity contribution >= 4 is 22.6 Å². The molecule has 0 spiro atoms. The smallest absolute Gasteiger partial charge is 0.346 e. The van der Waals surface area contributed by atoms with Crippen molar-refractivity contribution in [1.82, 2.24) is 9.97 Å². The van der Waals surface area contributed by atoms with Crippen molar-refractivity contribution in [2.45, 2.75) is 12.6 Å². The van der Waals surface area contributed by atoms with E-state index in [1.165, 1.54) is 12.1 Å². The molecular weight excluding hydrogens is 379 g/mol. The minimum atomic E-state index is -4.41. The predicted molar refractivity (Wildman–Crippen MR) is 105 cm³/mol. The van der Waals surface area contributed by atoms with Crippen molar-refractivity contribution in [2.75, 3.05) is 5.32 Å². The van der Waals surface area contributed by atoms with Crippen LogP contribution in [0.1, 0.15) is 11.1 Å². The van der Waals surface area contributed by atoms with Crippen LogP contribution in [-0.4, -0.2) is 15.9 Å². The summed E-state index contributed by atoms with van der Waals surface area (Å²) in [4.78, 5) is 19.8. The summed E-state index contributed by atoms with van der Waals surface area (Å²) in [6.07, 6.45) is -0.851. The number of hydrogen-bond donors (Lipinski definition) is 2. The molecule has 0 saturated heterocycles. The van der Waals surface area contributed by atoms with E-state index in [0.29, 0.717) is 11.3 Å². The molecule has 2 heterocycles. The molecule has 2 aromatic carbocycles. The number of carbonyl (C=O) groups is 1. The highest BCUT2D eigenvalue weighted by Crippen LogP contribution is 2.30. The maximum absolute atomic E-state index is 12.6. The summed E-state index contributed by atoms with van der Waals surface area (Å²) in [5.41, 5.74) is 2.93. The summed E-state index contributed by atoms with van der Waals surface area (Å²) in [5, 5.41) is 3.46. The van der Waals surface area contributed by atoms with Crippen LogP contribution < -0.4 is 5.32 Å². The normalized spacial score (nSPS) is 11.6. The Hall–Kier alpha value is -3.61. The number of aromatic nitrogens is 2. The Morgan fingerprint density at radius 2 is 1.72 bits per heavy atom. The topological polar surface area (TPSA) is 57.8 Å². The number of pyridine rings is 1. The number of benzene rings is 2. The minimum absolute atomic E-state index is 0.0704. The van der Waals surface area contributed by atoms with E-state index < -0.39 is 11.7 Å². The third kappa shape index (κ3) is 4.13. The number of anilines is 1. The Labute approximate surface area is 164 Å². The molecular formula is C22H16F3N3O. The van der Waals surface area contributed by atoms with Crippen LogP contribution in [0.15, 0.2) is 73.1 Å². The molecule has 0 aliphatic heterocycles. The Morgan fingerprint density at radius 3 is 2.41 bits per heavy atom. The molecule has 0 aliphatic rings. The molecule has 4 rings (SSSR count). The Balaban J connectivity index is 1.52. The first-order valence-corrected chi connectivity index (χ1v) is 8.89. The van der Waals surface area contributed by atoms with Crippen LogP contribution in [0.25, 0.3) is 22.2 Å². The number of amides is 1. The van der Waals surface area contributed by atoms with Crippen LogP contribution in [-0.2, 0) is 17.4 Å². The SMILES string of the molecule is O=C(Cc1c[nH]c2ncc(-c3ccccc3)cc12)Nc1ccc(C(F)(F)F)cc1. The van der Waals surface area contributed by atoms with E-state index in [2.05, 4.69) is 15.3 Å². The van der Waals surface area contributed by atoms with Crippen LogP contribution in [0, 0.1) is 0 Å². The fourth-order valence-electron chi connectivity index (χ4n) is 3.11. The molecule has 0 radical (unpaired) electrons. The lowest BCUT2D eigenvalue weighted by atomic mass is 10.0. The second kappa shape index (κ2) is 7.43. The second-order valence-electron chi connectivity index (χ2n) is 6.60. The van der Waals surface area contributed by atoms with Gasteiger partial charge in [-0.2, -0.15) is 13.2 Å². The maximum atomic E-state index is 12.6. The van der Waals surface area contributed by atoms with Crippen LogP contribution in [0.2, 0.25) is 0 Å². The van der Waals surface area contributed by atoms with Crippen molar-refractivity contribution < 1.29 is 18.0 Å². The second-order valence-corrected chi connectivity index (χ2v) is 6.60. The number of nitrogens with one attached hydrogen (secondary N) is 2. The van der Waals surface area contributed by atoms with E-state index in [0.717, 1.165) is 34.2 Å².